The van der Waals surface area contributed by atoms with Crippen molar-refractivity contribution in [2.24, 2.45) is 5.92 Å². The van der Waals surface area contributed by atoms with Crippen LogP contribution in [-0.4, -0.2) is 101 Å². The monoisotopic (exact) mass is 548 g/mol. The maximum Gasteiger partial charge on any atom is 0.0970 e. The third-order valence-corrected chi connectivity index (χ3v) is 12.2. The molecule has 1 atom stereocenters. The summed E-state index contributed by atoms with van der Waals surface area (Å²) in [5.41, 5.74) is 5.37. The van der Waals surface area contributed by atoms with E-state index < -0.39 is 9.39 Å². The van der Waals surface area contributed by atoms with Crippen LogP contribution in [0.25, 0.3) is 0 Å². The molecule has 1 aromatic carbocycles. The summed E-state index contributed by atoms with van der Waals surface area (Å²) in [5, 5.41) is 0.597. The maximum absolute atomic E-state index is 4.85. The summed E-state index contributed by atoms with van der Waals surface area (Å²) in [5.74, 6) is 10.7. The first-order valence-electron chi connectivity index (χ1n) is 14.5. The quantitative estimate of drug-likeness (QED) is 0.430. The highest BCUT2D eigenvalue weighted by Gasteiger charge is 2.27. The minimum Gasteiger partial charge on any atom is -0.370 e. The Labute approximate surface area is 237 Å². The van der Waals surface area contributed by atoms with Gasteiger partial charge in [0, 0.05) is 57.6 Å². The Kier molecular flexibility index (Phi) is 8.60. The Morgan fingerprint density at radius 1 is 0.949 bits per heavy atom. The molecule has 3 aliphatic rings. The van der Waals surface area contributed by atoms with Crippen molar-refractivity contribution < 1.29 is 0 Å². The summed E-state index contributed by atoms with van der Waals surface area (Å²) < 4.78 is 2.24. The van der Waals surface area contributed by atoms with Crippen molar-refractivity contribution in [3.05, 3.63) is 71.8 Å². The molecule has 212 valence electrons. The SMILES string of the molecule is C=C1N(Cc2ccc(N3CCC(S(=C)(=C)N(C)C)CC3)cn2)CCN1C[C@H](C)CN1CCc2ccccc2C1. The molecule has 0 bridgehead atoms. The second-order valence-corrected chi connectivity index (χ2v) is 15.2. The molecule has 0 amide bonds. The van der Waals surface area contributed by atoms with Crippen molar-refractivity contribution >= 4 is 26.8 Å². The van der Waals surface area contributed by atoms with Crippen molar-refractivity contribution in [1.29, 1.82) is 0 Å². The summed E-state index contributed by atoms with van der Waals surface area (Å²) in [4.78, 5) is 14.8. The third-order valence-electron chi connectivity index (χ3n) is 9.00. The van der Waals surface area contributed by atoms with E-state index in [2.05, 4.69) is 106 Å². The van der Waals surface area contributed by atoms with Crippen LogP contribution in [0.3, 0.4) is 0 Å². The van der Waals surface area contributed by atoms with Crippen molar-refractivity contribution in [1.82, 2.24) is 24.0 Å². The Balaban J connectivity index is 1.08. The maximum atomic E-state index is 4.85. The van der Waals surface area contributed by atoms with Gasteiger partial charge in [0.1, 0.15) is 0 Å². The van der Waals surface area contributed by atoms with Gasteiger partial charge in [-0.25, -0.2) is 0 Å². The Morgan fingerprint density at radius 3 is 2.36 bits per heavy atom. The van der Waals surface area contributed by atoms with Gasteiger partial charge in [-0.15, -0.1) is 0 Å². The molecule has 3 aliphatic heterocycles. The Bertz CT molecular complexity index is 1230. The van der Waals surface area contributed by atoms with Crippen molar-refractivity contribution in [3.8, 4) is 0 Å². The lowest BCUT2D eigenvalue weighted by atomic mass is 9.99. The Hall–Kier alpha value is -2.48. The number of hydrogen-bond acceptors (Lipinski definition) is 6. The molecule has 0 unspecified atom stereocenters. The predicted molar refractivity (Wildman–Crippen MR) is 171 cm³/mol. The molecular weight excluding hydrogens is 500 g/mol. The van der Waals surface area contributed by atoms with Crippen LogP contribution in [0.4, 0.5) is 5.69 Å². The van der Waals surface area contributed by atoms with E-state index in [0.29, 0.717) is 11.2 Å². The fourth-order valence-electron chi connectivity index (χ4n) is 6.39. The highest BCUT2D eigenvalue weighted by atomic mass is 32.2. The van der Waals surface area contributed by atoms with E-state index in [4.69, 9.17) is 4.98 Å². The fourth-order valence-corrected chi connectivity index (χ4v) is 8.08. The van der Waals surface area contributed by atoms with Crippen LogP contribution in [-0.2, 0) is 19.5 Å². The van der Waals surface area contributed by atoms with Gasteiger partial charge in [-0.1, -0.05) is 49.5 Å². The second-order valence-electron chi connectivity index (χ2n) is 12.1. The van der Waals surface area contributed by atoms with E-state index >= 15 is 0 Å². The van der Waals surface area contributed by atoms with Crippen LogP contribution in [0.1, 0.15) is 36.6 Å². The lowest BCUT2D eigenvalue weighted by Gasteiger charge is -2.39. The van der Waals surface area contributed by atoms with Gasteiger partial charge in [-0.3, -0.25) is 14.2 Å². The predicted octanol–water partition coefficient (Wildman–Crippen LogP) is 4.48. The van der Waals surface area contributed by atoms with Gasteiger partial charge in [-0.2, -0.15) is 9.39 Å². The van der Waals surface area contributed by atoms with Crippen LogP contribution in [0.2, 0.25) is 0 Å². The molecule has 6 nitrogen and oxygen atoms in total. The van der Waals surface area contributed by atoms with Gasteiger partial charge in [0.15, 0.2) is 0 Å². The van der Waals surface area contributed by atoms with Gasteiger partial charge in [0.05, 0.1) is 29.9 Å². The first-order valence-corrected chi connectivity index (χ1v) is 16.5. The Morgan fingerprint density at radius 2 is 1.67 bits per heavy atom. The number of anilines is 1. The van der Waals surface area contributed by atoms with Crippen molar-refractivity contribution in [2.45, 2.75) is 44.5 Å². The molecule has 2 saturated heterocycles. The van der Waals surface area contributed by atoms with Crippen molar-refractivity contribution in [3.63, 3.8) is 0 Å². The molecule has 0 saturated carbocycles. The topological polar surface area (TPSA) is 29.1 Å². The fraction of sp³-hybridized carbons (Fsp3) is 0.531. The van der Waals surface area contributed by atoms with Crippen LogP contribution in [0, 0.1) is 5.92 Å². The van der Waals surface area contributed by atoms with E-state index in [0.717, 1.165) is 83.3 Å². The summed E-state index contributed by atoms with van der Waals surface area (Å²) in [7, 11) is 3.05. The highest BCUT2D eigenvalue weighted by molar-refractivity contribution is 8.26. The first kappa shape index (κ1) is 28.1. The van der Waals surface area contributed by atoms with E-state index in [1.54, 1.807) is 0 Å². The van der Waals surface area contributed by atoms with Gasteiger partial charge in [-0.05, 0) is 62.5 Å². The van der Waals surface area contributed by atoms with Crippen LogP contribution in [0.15, 0.2) is 55.0 Å². The summed E-state index contributed by atoms with van der Waals surface area (Å²) in [6.45, 7) is 16.3. The zero-order valence-electron chi connectivity index (χ0n) is 24.4. The number of piperidine rings is 1. The molecule has 7 heteroatoms. The lowest BCUT2D eigenvalue weighted by Crippen LogP contribution is -2.37. The lowest BCUT2D eigenvalue weighted by molar-refractivity contribution is 0.194. The van der Waals surface area contributed by atoms with E-state index in [1.165, 1.54) is 23.2 Å². The van der Waals surface area contributed by atoms with Crippen LogP contribution < -0.4 is 4.90 Å². The van der Waals surface area contributed by atoms with Crippen LogP contribution >= 0.6 is 9.39 Å². The molecule has 2 aromatic rings. The third kappa shape index (κ3) is 6.47. The number of nitrogens with zero attached hydrogens (tertiary/aromatic N) is 6. The number of fused-ring (bicyclic) bond motifs is 1. The number of benzene rings is 1. The molecule has 2 fully saturated rings. The summed E-state index contributed by atoms with van der Waals surface area (Å²) in [6.07, 6.45) is 5.53. The average molecular weight is 549 g/mol. The van der Waals surface area contributed by atoms with Gasteiger partial charge in [0.2, 0.25) is 0 Å². The first-order chi connectivity index (χ1) is 18.7. The van der Waals surface area contributed by atoms with E-state index in [1.807, 2.05) is 0 Å². The zero-order valence-corrected chi connectivity index (χ0v) is 25.2. The molecule has 4 heterocycles. The van der Waals surface area contributed by atoms with E-state index in [-0.39, 0.29) is 0 Å². The number of hydrogen-bond donors (Lipinski definition) is 0. The van der Waals surface area contributed by atoms with Crippen LogP contribution in [0.5, 0.6) is 0 Å². The number of rotatable bonds is 9. The van der Waals surface area contributed by atoms with E-state index in [9.17, 15) is 0 Å². The highest BCUT2D eigenvalue weighted by Crippen LogP contribution is 2.36. The minimum absolute atomic E-state index is 0.597. The smallest absolute Gasteiger partial charge is 0.0970 e. The molecule has 0 radical (unpaired) electrons. The molecule has 39 heavy (non-hydrogen) atoms. The van der Waals surface area contributed by atoms with Gasteiger partial charge < -0.3 is 14.7 Å². The standard InChI is InChI=1S/C32H48N6S/c1-26(22-35-16-13-28-9-7-8-10-29(28)24-35)23-37-19-20-38(27(37)2)25-30-11-12-31(21-33-30)36-17-14-32(15-18-36)39(5,6)34(3)4/h7-12,21,26,32H,2,5-6,13-20,22-25H2,1,3-4H3/t26-/m1/s1. The second kappa shape index (κ2) is 11.9. The molecule has 0 aliphatic carbocycles. The minimum atomic E-state index is -1.19. The average Bonchev–Trinajstić information content (AvgIpc) is 3.27. The summed E-state index contributed by atoms with van der Waals surface area (Å²) in [6, 6.07) is 13.4. The molecule has 0 N–H and O–H groups in total. The largest absolute Gasteiger partial charge is 0.370 e. The molecule has 1 aromatic heterocycles. The van der Waals surface area contributed by atoms with Crippen molar-refractivity contribution in [2.75, 3.05) is 64.8 Å². The zero-order chi connectivity index (χ0) is 27.6. The van der Waals surface area contributed by atoms with Gasteiger partial charge in [0.25, 0.3) is 0 Å². The van der Waals surface area contributed by atoms with Gasteiger partial charge >= 0.3 is 0 Å². The molecule has 0 spiro atoms. The molecule has 5 rings (SSSR count). The normalized spacial score (nSPS) is 20.1. The number of aromatic nitrogens is 1. The summed E-state index contributed by atoms with van der Waals surface area (Å²) >= 11 is 0. The number of pyridine rings is 1. The molecular formula is C32H48N6S.